The number of anilines is 1. The van der Waals surface area contributed by atoms with E-state index in [1.54, 1.807) is 13.8 Å². The van der Waals surface area contributed by atoms with Crippen molar-refractivity contribution in [2.24, 2.45) is 5.92 Å². The first-order valence-electron chi connectivity index (χ1n) is 11.6. The van der Waals surface area contributed by atoms with Crippen molar-refractivity contribution >= 4 is 33.2 Å². The van der Waals surface area contributed by atoms with Crippen molar-refractivity contribution in [2.45, 2.75) is 47.2 Å². The minimum Gasteiger partial charge on any atom is -0.354 e. The molecular formula is C25H34N4O6S. The van der Waals surface area contributed by atoms with Gasteiger partial charge < -0.3 is 10.2 Å². The molecule has 2 amide bonds. The highest BCUT2D eigenvalue weighted by Gasteiger charge is 2.31. The SMILES string of the molecule is Cc1ccccc1CN(C(=O)CN(c1cc([N+](=O)[O-])ccc1C)S(C)(=O)=O)C(C)C(=O)NCC(C)C. The molecule has 2 aromatic rings. The number of benzene rings is 2. The van der Waals surface area contributed by atoms with E-state index in [0.29, 0.717) is 12.1 Å². The lowest BCUT2D eigenvalue weighted by atomic mass is 10.1. The number of nitrogens with zero attached hydrogens (tertiary/aromatic N) is 3. The number of nitro groups is 1. The molecule has 11 heteroatoms. The van der Waals surface area contributed by atoms with Gasteiger partial charge in [0.05, 0.1) is 16.9 Å². The van der Waals surface area contributed by atoms with Gasteiger partial charge in [0, 0.05) is 25.2 Å². The molecule has 0 spiro atoms. The summed E-state index contributed by atoms with van der Waals surface area (Å²) in [6.07, 6.45) is 0.934. The van der Waals surface area contributed by atoms with Crippen LogP contribution in [0.1, 0.15) is 37.5 Å². The van der Waals surface area contributed by atoms with Crippen molar-refractivity contribution in [3.05, 3.63) is 69.3 Å². The Labute approximate surface area is 212 Å². The number of non-ortho nitro benzene ring substituents is 1. The fourth-order valence-corrected chi connectivity index (χ4v) is 4.48. The number of carbonyl (C=O) groups excluding carboxylic acids is 2. The summed E-state index contributed by atoms with van der Waals surface area (Å²) in [5.74, 6) is -0.760. The average molecular weight is 519 g/mol. The largest absolute Gasteiger partial charge is 0.354 e. The standard InChI is InChI=1S/C25H34N4O6S/c1-17(2)14-26-25(31)20(5)27(15-21-10-8-7-9-18(21)3)24(30)16-28(36(6,34)35)23-13-22(29(32)33)12-11-19(23)4/h7-13,17,20H,14-16H2,1-6H3,(H,26,31). The van der Waals surface area contributed by atoms with Crippen LogP contribution in [0.5, 0.6) is 0 Å². The van der Waals surface area contributed by atoms with Gasteiger partial charge in [-0.05, 0) is 43.4 Å². The number of hydrogen-bond acceptors (Lipinski definition) is 6. The molecule has 10 nitrogen and oxygen atoms in total. The maximum Gasteiger partial charge on any atom is 0.271 e. The number of hydrogen-bond donors (Lipinski definition) is 1. The quantitative estimate of drug-likeness (QED) is 0.359. The average Bonchev–Trinajstić information content (AvgIpc) is 2.79. The molecule has 0 saturated heterocycles. The summed E-state index contributed by atoms with van der Waals surface area (Å²) >= 11 is 0. The summed E-state index contributed by atoms with van der Waals surface area (Å²) in [6.45, 7) is 8.89. The number of rotatable bonds is 11. The van der Waals surface area contributed by atoms with E-state index in [2.05, 4.69) is 5.32 Å². The molecule has 0 fully saturated rings. The van der Waals surface area contributed by atoms with E-state index >= 15 is 0 Å². The predicted octanol–water partition coefficient (Wildman–Crippen LogP) is 3.17. The number of amides is 2. The number of carbonyl (C=O) groups is 2. The van der Waals surface area contributed by atoms with E-state index in [1.165, 1.54) is 17.0 Å². The van der Waals surface area contributed by atoms with Crippen molar-refractivity contribution in [1.82, 2.24) is 10.2 Å². The first-order valence-corrected chi connectivity index (χ1v) is 13.4. The Morgan fingerprint density at radius 2 is 1.69 bits per heavy atom. The Hall–Kier alpha value is -3.47. The van der Waals surface area contributed by atoms with Gasteiger partial charge in [0.15, 0.2) is 0 Å². The summed E-state index contributed by atoms with van der Waals surface area (Å²) < 4.78 is 26.3. The Morgan fingerprint density at radius 3 is 2.25 bits per heavy atom. The smallest absolute Gasteiger partial charge is 0.271 e. The van der Waals surface area contributed by atoms with Crippen LogP contribution in [0.3, 0.4) is 0 Å². The zero-order valence-corrected chi connectivity index (χ0v) is 22.3. The molecule has 2 rings (SSSR count). The molecule has 0 saturated carbocycles. The van der Waals surface area contributed by atoms with Crippen molar-refractivity contribution in [3.63, 3.8) is 0 Å². The van der Waals surface area contributed by atoms with E-state index in [4.69, 9.17) is 0 Å². The van der Waals surface area contributed by atoms with Gasteiger partial charge >= 0.3 is 0 Å². The third kappa shape index (κ3) is 7.51. The van der Waals surface area contributed by atoms with Crippen LogP contribution in [0.2, 0.25) is 0 Å². The highest BCUT2D eigenvalue weighted by molar-refractivity contribution is 7.92. The lowest BCUT2D eigenvalue weighted by Crippen LogP contribution is -2.51. The van der Waals surface area contributed by atoms with Crippen LogP contribution in [0.25, 0.3) is 0 Å². The topological polar surface area (TPSA) is 130 Å². The monoisotopic (exact) mass is 518 g/mol. The first-order chi connectivity index (χ1) is 16.7. The van der Waals surface area contributed by atoms with Gasteiger partial charge in [-0.15, -0.1) is 0 Å². The van der Waals surface area contributed by atoms with Crippen LogP contribution in [0, 0.1) is 29.9 Å². The van der Waals surface area contributed by atoms with Crippen molar-refractivity contribution < 1.29 is 22.9 Å². The molecule has 0 radical (unpaired) electrons. The minimum atomic E-state index is -4.00. The Kier molecular flexibility index (Phi) is 9.57. The molecule has 0 aliphatic carbocycles. The summed E-state index contributed by atoms with van der Waals surface area (Å²) in [6, 6.07) is 10.4. The van der Waals surface area contributed by atoms with E-state index in [-0.39, 0.29) is 29.7 Å². The van der Waals surface area contributed by atoms with Crippen LogP contribution in [0.4, 0.5) is 11.4 Å². The number of nitro benzene ring substituents is 1. The van der Waals surface area contributed by atoms with Gasteiger partial charge in [-0.25, -0.2) is 8.42 Å². The zero-order chi connectivity index (χ0) is 27.2. The van der Waals surface area contributed by atoms with E-state index in [1.807, 2.05) is 45.0 Å². The minimum absolute atomic E-state index is 0.0350. The summed E-state index contributed by atoms with van der Waals surface area (Å²) in [7, 11) is -4.00. The molecule has 0 aliphatic rings. The van der Waals surface area contributed by atoms with Gasteiger partial charge in [0.2, 0.25) is 21.8 Å². The second kappa shape index (κ2) is 12.0. The van der Waals surface area contributed by atoms with Gasteiger partial charge in [0.25, 0.3) is 5.69 Å². The third-order valence-electron chi connectivity index (χ3n) is 5.81. The molecule has 1 N–H and O–H groups in total. The van der Waals surface area contributed by atoms with Crippen LogP contribution in [0.15, 0.2) is 42.5 Å². The fraction of sp³-hybridized carbons (Fsp3) is 0.440. The molecule has 0 heterocycles. The van der Waals surface area contributed by atoms with E-state index in [0.717, 1.165) is 27.8 Å². The Morgan fingerprint density at radius 1 is 1.06 bits per heavy atom. The Balaban J connectivity index is 2.47. The highest BCUT2D eigenvalue weighted by Crippen LogP contribution is 2.28. The maximum absolute atomic E-state index is 13.6. The molecule has 0 aromatic heterocycles. The van der Waals surface area contributed by atoms with Crippen LogP contribution >= 0.6 is 0 Å². The summed E-state index contributed by atoms with van der Waals surface area (Å²) in [4.78, 5) is 38.5. The van der Waals surface area contributed by atoms with E-state index in [9.17, 15) is 28.1 Å². The van der Waals surface area contributed by atoms with Crippen LogP contribution in [-0.2, 0) is 26.2 Å². The first kappa shape index (κ1) is 28.8. The molecular weight excluding hydrogens is 484 g/mol. The van der Waals surface area contributed by atoms with Crippen LogP contribution < -0.4 is 9.62 Å². The number of aryl methyl sites for hydroxylation is 2. The van der Waals surface area contributed by atoms with E-state index < -0.39 is 33.4 Å². The van der Waals surface area contributed by atoms with Crippen molar-refractivity contribution in [1.29, 1.82) is 0 Å². The van der Waals surface area contributed by atoms with Crippen molar-refractivity contribution in [2.75, 3.05) is 23.7 Å². The van der Waals surface area contributed by atoms with Gasteiger partial charge in [-0.2, -0.15) is 0 Å². The molecule has 196 valence electrons. The normalized spacial score (nSPS) is 12.2. The van der Waals surface area contributed by atoms with Gasteiger partial charge in [0.1, 0.15) is 12.6 Å². The summed E-state index contributed by atoms with van der Waals surface area (Å²) in [5, 5.41) is 14.1. The second-order valence-corrected chi connectivity index (χ2v) is 11.2. The summed E-state index contributed by atoms with van der Waals surface area (Å²) in [5.41, 5.74) is 1.92. The van der Waals surface area contributed by atoms with Crippen LogP contribution in [-0.4, -0.2) is 55.4 Å². The zero-order valence-electron chi connectivity index (χ0n) is 21.5. The molecule has 1 atom stereocenters. The predicted molar refractivity (Wildman–Crippen MR) is 139 cm³/mol. The van der Waals surface area contributed by atoms with Gasteiger partial charge in [-0.1, -0.05) is 44.2 Å². The molecule has 0 bridgehead atoms. The van der Waals surface area contributed by atoms with Gasteiger partial charge in [-0.3, -0.25) is 24.0 Å². The molecule has 1 unspecified atom stereocenters. The lowest BCUT2D eigenvalue weighted by Gasteiger charge is -2.32. The lowest BCUT2D eigenvalue weighted by molar-refractivity contribution is -0.384. The van der Waals surface area contributed by atoms with Crippen molar-refractivity contribution in [3.8, 4) is 0 Å². The number of sulfonamides is 1. The maximum atomic E-state index is 13.6. The number of nitrogens with one attached hydrogen (secondary N) is 1. The molecule has 2 aromatic carbocycles. The third-order valence-corrected chi connectivity index (χ3v) is 6.93. The Bertz CT molecular complexity index is 1230. The second-order valence-electron chi connectivity index (χ2n) is 9.26. The fourth-order valence-electron chi connectivity index (χ4n) is 3.58. The highest BCUT2D eigenvalue weighted by atomic mass is 32.2. The molecule has 0 aliphatic heterocycles. The molecule has 36 heavy (non-hydrogen) atoms.